The van der Waals surface area contributed by atoms with Crippen molar-refractivity contribution in [3.8, 4) is 0 Å². The minimum atomic E-state index is -0.368. The van der Waals surface area contributed by atoms with Crippen LogP contribution in [0.4, 0.5) is 0 Å². The van der Waals surface area contributed by atoms with Crippen LogP contribution in [0.15, 0.2) is 13.2 Å². The Kier molecular flexibility index (Phi) is 5.64. The molecule has 0 aromatic rings. The monoisotopic (exact) mass is 377 g/mol. The predicted molar refractivity (Wildman–Crippen MR) is 109 cm³/mol. The minimum absolute atomic E-state index is 0.00354. The maximum atomic E-state index is 13.0. The molecule has 0 aromatic carbocycles. The number of esters is 1. The molecule has 0 heterocycles. The Labute approximate surface area is 165 Å². The van der Waals surface area contributed by atoms with Crippen LogP contribution in [-0.4, -0.2) is 25.5 Å². The van der Waals surface area contributed by atoms with Gasteiger partial charge in [-0.05, 0) is 66.6 Å². The number of hydrogen-bond donors (Lipinski definition) is 1. The van der Waals surface area contributed by atoms with Gasteiger partial charge in [-0.1, -0.05) is 34.6 Å². The van der Waals surface area contributed by atoms with Crippen molar-refractivity contribution in [2.24, 2.45) is 27.1 Å². The van der Waals surface area contributed by atoms with E-state index < -0.39 is 0 Å². The van der Waals surface area contributed by atoms with Crippen LogP contribution >= 0.6 is 0 Å². The molecule has 0 saturated heterocycles. The molecular formula is C23H39NO3. The molecule has 1 amide bonds. The molecule has 4 heteroatoms. The first-order valence-corrected chi connectivity index (χ1v) is 10.5. The van der Waals surface area contributed by atoms with Crippen molar-refractivity contribution in [1.29, 1.82) is 0 Å². The van der Waals surface area contributed by atoms with Crippen LogP contribution in [0.3, 0.4) is 0 Å². The van der Waals surface area contributed by atoms with Gasteiger partial charge < -0.3 is 10.1 Å². The summed E-state index contributed by atoms with van der Waals surface area (Å²) in [6.07, 6.45) is 8.16. The highest BCUT2D eigenvalue weighted by Gasteiger charge is 2.84. The van der Waals surface area contributed by atoms with Gasteiger partial charge in [0.05, 0.1) is 12.5 Å². The Balaban J connectivity index is 0.000000614. The maximum Gasteiger partial charge on any atom is 0.325 e. The zero-order valence-electron chi connectivity index (χ0n) is 18.3. The molecule has 154 valence electrons. The van der Waals surface area contributed by atoms with E-state index in [1.165, 1.54) is 32.8 Å². The number of fused-ring (bicyclic) bond motifs is 2. The number of ether oxygens (including phenoxy) is 1. The Hall–Kier alpha value is -1.32. The summed E-state index contributed by atoms with van der Waals surface area (Å²) in [6, 6.07) is 0. The topological polar surface area (TPSA) is 55.4 Å². The molecule has 0 aromatic heterocycles. The molecule has 3 bridgehead atoms. The highest BCUT2D eigenvalue weighted by molar-refractivity contribution is 5.87. The van der Waals surface area contributed by atoms with Gasteiger partial charge >= 0.3 is 5.97 Å². The van der Waals surface area contributed by atoms with E-state index in [1.54, 1.807) is 0 Å². The minimum Gasteiger partial charge on any atom is -0.468 e. The molecule has 4 aliphatic rings. The maximum absolute atomic E-state index is 13.0. The number of rotatable bonds is 4. The lowest BCUT2D eigenvalue weighted by Crippen LogP contribution is -2.58. The smallest absolute Gasteiger partial charge is 0.325 e. The molecule has 27 heavy (non-hydrogen) atoms. The summed E-state index contributed by atoms with van der Waals surface area (Å²) < 4.78 is 4.67. The zero-order valence-corrected chi connectivity index (χ0v) is 18.3. The van der Waals surface area contributed by atoms with Crippen LogP contribution < -0.4 is 5.32 Å². The number of amides is 1. The second-order valence-electron chi connectivity index (χ2n) is 9.69. The summed E-state index contributed by atoms with van der Waals surface area (Å²) in [5.74, 6) is -0.274. The third-order valence-electron chi connectivity index (χ3n) is 8.31. The van der Waals surface area contributed by atoms with Crippen molar-refractivity contribution in [2.75, 3.05) is 13.7 Å². The van der Waals surface area contributed by atoms with Crippen molar-refractivity contribution in [2.45, 2.75) is 79.6 Å². The van der Waals surface area contributed by atoms with Gasteiger partial charge in [0.25, 0.3) is 0 Å². The Morgan fingerprint density at radius 1 is 1.00 bits per heavy atom. The summed E-state index contributed by atoms with van der Waals surface area (Å²) in [6.45, 7) is 17.2. The summed E-state index contributed by atoms with van der Waals surface area (Å²) >= 11 is 0. The molecule has 1 spiro atoms. The predicted octanol–water partition coefficient (Wildman–Crippen LogP) is 4.88. The Morgan fingerprint density at radius 2 is 1.63 bits per heavy atom. The first-order chi connectivity index (χ1) is 12.7. The summed E-state index contributed by atoms with van der Waals surface area (Å²) in [5.41, 5.74) is 1.19. The number of carbonyl (C=O) groups is 2. The SMILES string of the molecule is C=C.CC.CCC12CC3(C)CC4(C(=O)NCC(=O)OC)CC(C)(C1)C2(C3)C4. The molecule has 0 radical (unpaired) electrons. The van der Waals surface area contributed by atoms with E-state index in [4.69, 9.17) is 0 Å². The fourth-order valence-electron chi connectivity index (χ4n) is 8.25. The fraction of sp³-hybridized carbons (Fsp3) is 0.826. The van der Waals surface area contributed by atoms with E-state index in [2.05, 4.69) is 44.0 Å². The van der Waals surface area contributed by atoms with Crippen molar-refractivity contribution in [3.05, 3.63) is 13.2 Å². The van der Waals surface area contributed by atoms with Gasteiger partial charge in [-0.15, -0.1) is 13.2 Å². The first kappa shape index (κ1) is 22.0. The summed E-state index contributed by atoms with van der Waals surface area (Å²) in [7, 11) is 1.36. The average molecular weight is 378 g/mol. The van der Waals surface area contributed by atoms with E-state index in [9.17, 15) is 9.59 Å². The summed E-state index contributed by atoms with van der Waals surface area (Å²) in [4.78, 5) is 24.4. The molecule has 0 aliphatic heterocycles. The van der Waals surface area contributed by atoms with E-state index in [0.29, 0.717) is 21.7 Å². The molecule has 4 saturated carbocycles. The standard InChI is InChI=1S/C19H29NO3.C2H6.C2H4/c1-5-18-8-15(2)7-17(14(22)20-6-13(21)23-4)10-16(3,11-18)19(18,9-15)12-17;2*1-2/h5-12H2,1-4H3,(H,20,22);1-2H3;1-2H2. The largest absolute Gasteiger partial charge is 0.468 e. The second-order valence-corrected chi connectivity index (χ2v) is 9.69. The van der Waals surface area contributed by atoms with Crippen LogP contribution in [0.5, 0.6) is 0 Å². The molecule has 4 nitrogen and oxygen atoms in total. The van der Waals surface area contributed by atoms with Crippen LogP contribution in [0.2, 0.25) is 0 Å². The van der Waals surface area contributed by atoms with Crippen molar-refractivity contribution in [1.82, 2.24) is 5.32 Å². The van der Waals surface area contributed by atoms with Crippen molar-refractivity contribution < 1.29 is 14.3 Å². The lowest BCUT2D eigenvalue weighted by atomic mass is 9.38. The number of carbonyl (C=O) groups excluding carboxylic acids is 2. The number of hydrogen-bond acceptors (Lipinski definition) is 3. The van der Waals surface area contributed by atoms with Crippen molar-refractivity contribution >= 4 is 11.9 Å². The van der Waals surface area contributed by atoms with Gasteiger partial charge in [-0.25, -0.2) is 0 Å². The van der Waals surface area contributed by atoms with E-state index >= 15 is 0 Å². The fourth-order valence-corrected chi connectivity index (χ4v) is 8.25. The second kappa shape index (κ2) is 6.93. The van der Waals surface area contributed by atoms with Crippen LogP contribution in [0.1, 0.15) is 79.6 Å². The quantitative estimate of drug-likeness (QED) is 0.561. The molecule has 5 atom stereocenters. The normalized spacial score (nSPS) is 44.7. The van der Waals surface area contributed by atoms with E-state index in [-0.39, 0.29) is 23.8 Å². The Morgan fingerprint density at radius 3 is 2.19 bits per heavy atom. The third kappa shape index (κ3) is 2.69. The van der Waals surface area contributed by atoms with Crippen molar-refractivity contribution in [3.63, 3.8) is 0 Å². The lowest BCUT2D eigenvalue weighted by Gasteiger charge is -2.65. The van der Waals surface area contributed by atoms with Gasteiger partial charge in [0.15, 0.2) is 0 Å². The van der Waals surface area contributed by atoms with E-state index in [1.807, 2.05) is 13.8 Å². The highest BCUT2D eigenvalue weighted by Crippen LogP contribution is 2.91. The number of methoxy groups -OCH3 is 1. The summed E-state index contributed by atoms with van der Waals surface area (Å²) in [5, 5.41) is 2.88. The molecule has 4 rings (SSSR count). The average Bonchev–Trinajstić information content (AvgIpc) is 2.92. The third-order valence-corrected chi connectivity index (χ3v) is 8.31. The molecule has 1 N–H and O–H groups in total. The van der Waals surface area contributed by atoms with Crippen LogP contribution in [0.25, 0.3) is 0 Å². The molecule has 5 unspecified atom stereocenters. The van der Waals surface area contributed by atoms with Gasteiger partial charge in [-0.2, -0.15) is 0 Å². The zero-order chi connectivity index (χ0) is 20.7. The van der Waals surface area contributed by atoms with E-state index in [0.717, 1.165) is 19.3 Å². The van der Waals surface area contributed by atoms with Gasteiger partial charge in [-0.3, -0.25) is 9.59 Å². The Bertz CT molecular complexity index is 615. The molecular weight excluding hydrogens is 338 g/mol. The van der Waals surface area contributed by atoms with Crippen LogP contribution in [0, 0.1) is 27.1 Å². The van der Waals surface area contributed by atoms with Crippen LogP contribution in [-0.2, 0) is 14.3 Å². The first-order valence-electron chi connectivity index (χ1n) is 10.5. The van der Waals surface area contributed by atoms with Gasteiger partial charge in [0, 0.05) is 0 Å². The molecule has 4 fully saturated rings. The molecule has 4 aliphatic carbocycles. The number of nitrogens with one attached hydrogen (secondary N) is 1. The highest BCUT2D eigenvalue weighted by atomic mass is 16.5. The lowest BCUT2D eigenvalue weighted by molar-refractivity contribution is -0.170. The van der Waals surface area contributed by atoms with Gasteiger partial charge in [0.1, 0.15) is 6.54 Å². The van der Waals surface area contributed by atoms with Gasteiger partial charge in [0.2, 0.25) is 5.91 Å².